The lowest BCUT2D eigenvalue weighted by Gasteiger charge is -2.23. The first kappa shape index (κ1) is 18.5. The summed E-state index contributed by atoms with van der Waals surface area (Å²) in [6.07, 6.45) is 2.22. The minimum absolute atomic E-state index is 0.223. The zero-order valence-corrected chi connectivity index (χ0v) is 14.2. The van der Waals surface area contributed by atoms with Crippen LogP contribution < -0.4 is 9.61 Å². The van der Waals surface area contributed by atoms with Crippen molar-refractivity contribution < 1.29 is 18.6 Å². The third kappa shape index (κ3) is 6.46. The topological polar surface area (TPSA) is 64.6 Å². The largest absolute Gasteiger partial charge is 0.462 e. The van der Waals surface area contributed by atoms with E-state index in [4.69, 9.17) is 9.26 Å². The molecule has 0 radical (unpaired) electrons. The van der Waals surface area contributed by atoms with Gasteiger partial charge in [-0.25, -0.2) is 5.09 Å². The highest BCUT2D eigenvalue weighted by molar-refractivity contribution is 7.57. The molecule has 0 bridgehead atoms. The van der Waals surface area contributed by atoms with Crippen molar-refractivity contribution in [1.82, 2.24) is 5.09 Å². The maximum atomic E-state index is 13.0. The molecule has 1 aromatic carbocycles. The Hall–Kier alpha value is -1.58. The van der Waals surface area contributed by atoms with Gasteiger partial charge in [0.2, 0.25) is 0 Å². The SMILES string of the molecule is C=CCCP(=O)(N[C@@H](C)C(=O)OC(C)C)Oc1ccccc1. The standard InChI is InChI=1S/C16H24NO4P/c1-5-6-12-22(19,21-15-10-8-7-9-11-15)17-14(4)16(18)20-13(2)3/h5,7-11,13-14H,1,6,12H2,2-4H3,(H,17,19)/t14-,22?/m0/s1. The van der Waals surface area contributed by atoms with Crippen LogP contribution in [0.4, 0.5) is 0 Å². The molecule has 1 rings (SSSR count). The normalized spacial score (nSPS) is 14.9. The van der Waals surface area contributed by atoms with E-state index in [1.807, 2.05) is 6.07 Å². The van der Waals surface area contributed by atoms with Crippen molar-refractivity contribution in [2.75, 3.05) is 6.16 Å². The summed E-state index contributed by atoms with van der Waals surface area (Å²) < 4.78 is 23.7. The molecule has 0 saturated carbocycles. The second kappa shape index (κ2) is 8.76. The van der Waals surface area contributed by atoms with Gasteiger partial charge in [0.15, 0.2) is 0 Å². The number of carbonyl (C=O) groups is 1. The number of esters is 1. The summed E-state index contributed by atoms with van der Waals surface area (Å²) >= 11 is 0. The molecule has 0 saturated heterocycles. The summed E-state index contributed by atoms with van der Waals surface area (Å²) in [6.45, 7) is 8.77. The summed E-state index contributed by atoms with van der Waals surface area (Å²) in [5.41, 5.74) is 0. The van der Waals surface area contributed by atoms with Gasteiger partial charge in [-0.1, -0.05) is 24.3 Å². The first-order valence-corrected chi connectivity index (χ1v) is 9.10. The van der Waals surface area contributed by atoms with E-state index in [0.29, 0.717) is 12.2 Å². The third-order valence-corrected chi connectivity index (χ3v) is 4.85. The lowest BCUT2D eigenvalue weighted by molar-refractivity contribution is -0.149. The van der Waals surface area contributed by atoms with Crippen LogP contribution >= 0.6 is 7.52 Å². The molecule has 122 valence electrons. The highest BCUT2D eigenvalue weighted by Gasteiger charge is 2.29. The molecule has 0 spiro atoms. The quantitative estimate of drug-likeness (QED) is 0.425. The fraction of sp³-hybridized carbons (Fsp3) is 0.438. The predicted octanol–water partition coefficient (Wildman–Crippen LogP) is 3.76. The average molecular weight is 325 g/mol. The molecule has 0 heterocycles. The minimum atomic E-state index is -3.23. The number of benzene rings is 1. The van der Waals surface area contributed by atoms with Gasteiger partial charge in [0.05, 0.1) is 12.3 Å². The Morgan fingerprint density at radius 1 is 1.32 bits per heavy atom. The highest BCUT2D eigenvalue weighted by atomic mass is 31.2. The fourth-order valence-electron chi connectivity index (χ4n) is 1.73. The molecule has 1 unspecified atom stereocenters. The second-order valence-electron chi connectivity index (χ2n) is 5.22. The van der Waals surface area contributed by atoms with E-state index in [1.54, 1.807) is 51.1 Å². The summed E-state index contributed by atoms with van der Waals surface area (Å²) in [4.78, 5) is 11.9. The van der Waals surface area contributed by atoms with Crippen LogP contribution in [0.3, 0.4) is 0 Å². The Labute approximate surface area is 132 Å². The van der Waals surface area contributed by atoms with E-state index in [1.165, 1.54) is 0 Å². The van der Waals surface area contributed by atoms with Crippen molar-refractivity contribution in [3.05, 3.63) is 43.0 Å². The first-order chi connectivity index (χ1) is 10.4. The average Bonchev–Trinajstić information content (AvgIpc) is 2.45. The van der Waals surface area contributed by atoms with Gasteiger partial charge in [0.1, 0.15) is 11.8 Å². The molecule has 0 aromatic heterocycles. The van der Waals surface area contributed by atoms with Crippen LogP contribution in [0.25, 0.3) is 0 Å². The molecule has 6 heteroatoms. The Morgan fingerprint density at radius 3 is 2.50 bits per heavy atom. The number of rotatable bonds is 9. The summed E-state index contributed by atoms with van der Waals surface area (Å²) in [5, 5.41) is 2.79. The van der Waals surface area contributed by atoms with Crippen molar-refractivity contribution in [3.8, 4) is 5.75 Å². The Bertz CT molecular complexity index is 530. The third-order valence-electron chi connectivity index (χ3n) is 2.72. The van der Waals surface area contributed by atoms with Gasteiger partial charge in [-0.05, 0) is 39.3 Å². The van der Waals surface area contributed by atoms with E-state index in [-0.39, 0.29) is 12.3 Å². The summed E-state index contributed by atoms with van der Waals surface area (Å²) in [7, 11) is -3.23. The van der Waals surface area contributed by atoms with Crippen LogP contribution in [0.15, 0.2) is 43.0 Å². The van der Waals surface area contributed by atoms with Crippen molar-refractivity contribution in [3.63, 3.8) is 0 Å². The van der Waals surface area contributed by atoms with Crippen LogP contribution in [0.5, 0.6) is 5.75 Å². The van der Waals surface area contributed by atoms with Gasteiger partial charge < -0.3 is 9.26 Å². The van der Waals surface area contributed by atoms with Gasteiger partial charge in [-0.15, -0.1) is 6.58 Å². The van der Waals surface area contributed by atoms with E-state index < -0.39 is 19.5 Å². The number of hydrogen-bond acceptors (Lipinski definition) is 4. The molecule has 0 amide bonds. The maximum absolute atomic E-state index is 13.0. The number of carbonyl (C=O) groups excluding carboxylic acids is 1. The summed E-state index contributed by atoms with van der Waals surface area (Å²) in [6, 6.07) is 8.16. The predicted molar refractivity (Wildman–Crippen MR) is 88.2 cm³/mol. The molecule has 1 aromatic rings. The smallest absolute Gasteiger partial charge is 0.323 e. The molecule has 0 aliphatic heterocycles. The molecule has 2 atom stereocenters. The van der Waals surface area contributed by atoms with Crippen LogP contribution in [-0.2, 0) is 14.1 Å². The molecule has 22 heavy (non-hydrogen) atoms. The second-order valence-corrected chi connectivity index (χ2v) is 7.45. The molecular formula is C16H24NO4P. The number of nitrogens with one attached hydrogen (secondary N) is 1. The van der Waals surface area contributed by atoms with Gasteiger partial charge in [0.25, 0.3) is 0 Å². The molecule has 1 N–H and O–H groups in total. The molecule has 5 nitrogen and oxygen atoms in total. The van der Waals surface area contributed by atoms with Crippen molar-refractivity contribution in [2.45, 2.75) is 39.3 Å². The van der Waals surface area contributed by atoms with Gasteiger partial charge in [-0.3, -0.25) is 9.36 Å². The fourth-order valence-corrected chi connectivity index (χ4v) is 3.68. The Balaban J connectivity index is 2.80. The number of hydrogen-bond donors (Lipinski definition) is 1. The highest BCUT2D eigenvalue weighted by Crippen LogP contribution is 2.44. The van der Waals surface area contributed by atoms with Crippen LogP contribution in [0, 0.1) is 0 Å². The zero-order valence-electron chi connectivity index (χ0n) is 13.3. The van der Waals surface area contributed by atoms with Gasteiger partial charge in [0, 0.05) is 0 Å². The van der Waals surface area contributed by atoms with E-state index in [9.17, 15) is 9.36 Å². The Morgan fingerprint density at radius 2 is 1.95 bits per heavy atom. The maximum Gasteiger partial charge on any atom is 0.323 e. The molecule has 0 fully saturated rings. The van der Waals surface area contributed by atoms with E-state index in [2.05, 4.69) is 11.7 Å². The molecule has 0 aliphatic rings. The number of ether oxygens (including phenoxy) is 1. The zero-order chi connectivity index (χ0) is 16.6. The first-order valence-electron chi connectivity index (χ1n) is 7.29. The van der Waals surface area contributed by atoms with Crippen molar-refractivity contribution in [2.24, 2.45) is 0 Å². The van der Waals surface area contributed by atoms with Gasteiger partial charge >= 0.3 is 13.5 Å². The number of allylic oxidation sites excluding steroid dienone is 1. The van der Waals surface area contributed by atoms with Crippen LogP contribution in [-0.4, -0.2) is 24.3 Å². The van der Waals surface area contributed by atoms with E-state index >= 15 is 0 Å². The molecular weight excluding hydrogens is 301 g/mol. The lowest BCUT2D eigenvalue weighted by atomic mass is 10.3. The minimum Gasteiger partial charge on any atom is -0.462 e. The number of para-hydroxylation sites is 1. The van der Waals surface area contributed by atoms with Crippen LogP contribution in [0.2, 0.25) is 0 Å². The van der Waals surface area contributed by atoms with Crippen LogP contribution in [0.1, 0.15) is 27.2 Å². The van der Waals surface area contributed by atoms with E-state index in [0.717, 1.165) is 0 Å². The molecule has 0 aliphatic carbocycles. The lowest BCUT2D eigenvalue weighted by Crippen LogP contribution is -2.36. The van der Waals surface area contributed by atoms with Gasteiger partial charge in [-0.2, -0.15) is 0 Å². The van der Waals surface area contributed by atoms with Crippen molar-refractivity contribution in [1.29, 1.82) is 0 Å². The Kier molecular flexibility index (Phi) is 7.36. The summed E-state index contributed by atoms with van der Waals surface area (Å²) in [5.74, 6) is 0.0392. The monoisotopic (exact) mass is 325 g/mol. The van der Waals surface area contributed by atoms with Crippen molar-refractivity contribution >= 4 is 13.5 Å².